The maximum Gasteiger partial charge on any atom is 0.252 e. The average molecular weight is 1100 g/mol. The standard InChI is InChI=1S/C54H70N4O16S2/c1-5-67-31-11-7-25-23-29-27-9-13-33(47-53(27,15-19-57(29)3)35(25)43(31)71-47)69-51-41(63)37(59)39(61)45(73-51)49(65)55-17-21-75-76-22-18-56-50(66)46-40(62)38(60)42(64)52(74-46)70-34-14-10-28-30-24-26-8-12-32(68-6-2)44-36(26)54(28,48(34)72-44)16-20-58(30)4/h7-14,27-30,33-34,37-42,45-48,51-52,59-64H,5-6,15-24H2,1-4H3,(H,55,65)(H,56,66)/t27?,28?,29-,30-,33+,34+,37+,38+,39+,40+,41-,42-,45+,46+,47+,48+,51-,52-,53?,54?/m1/s1. The lowest BCUT2D eigenvalue weighted by molar-refractivity contribution is -0.304. The van der Waals surface area contributed by atoms with Gasteiger partial charge >= 0.3 is 0 Å². The van der Waals surface area contributed by atoms with Gasteiger partial charge in [0.25, 0.3) is 11.8 Å². The third kappa shape index (κ3) is 8.33. The summed E-state index contributed by atoms with van der Waals surface area (Å²) in [4.78, 5) is 31.8. The van der Waals surface area contributed by atoms with Gasteiger partial charge in [-0.05, 0) is 90.0 Å². The quantitative estimate of drug-likeness (QED) is 0.0593. The van der Waals surface area contributed by atoms with Crippen molar-refractivity contribution in [1.82, 2.24) is 20.4 Å². The van der Waals surface area contributed by atoms with E-state index in [0.29, 0.717) is 47.7 Å². The largest absolute Gasteiger partial charge is 0.490 e. The number of benzene rings is 2. The molecule has 8 N–H and O–H groups in total. The van der Waals surface area contributed by atoms with E-state index in [1.807, 2.05) is 38.1 Å². The molecule has 0 saturated carbocycles. The number of carbonyl (C=O) groups is 2. The van der Waals surface area contributed by atoms with Crippen molar-refractivity contribution in [3.05, 3.63) is 70.8 Å². The summed E-state index contributed by atoms with van der Waals surface area (Å²) < 4.78 is 50.6. The van der Waals surface area contributed by atoms with Crippen LogP contribution in [0.1, 0.15) is 48.9 Å². The van der Waals surface area contributed by atoms with Gasteiger partial charge in [-0.15, -0.1) is 0 Å². The lowest BCUT2D eigenvalue weighted by Gasteiger charge is -2.57. The number of carbonyl (C=O) groups excluding carboxylic acids is 2. The minimum Gasteiger partial charge on any atom is -0.490 e. The summed E-state index contributed by atoms with van der Waals surface area (Å²) in [6, 6.07) is 8.68. The molecule has 0 radical (unpaired) electrons. The fourth-order valence-electron chi connectivity index (χ4n) is 14.6. The van der Waals surface area contributed by atoms with E-state index in [1.165, 1.54) is 32.7 Å². The molecule has 10 aliphatic rings. The Balaban J connectivity index is 0.618. The van der Waals surface area contributed by atoms with Crippen LogP contribution < -0.4 is 29.6 Å². The van der Waals surface area contributed by atoms with Gasteiger partial charge in [0.1, 0.15) is 61.0 Å². The second-order valence-electron chi connectivity index (χ2n) is 21.9. The number of hydrogen-bond acceptors (Lipinski definition) is 20. The molecule has 6 heterocycles. The Morgan fingerprint density at radius 2 is 1.04 bits per heavy atom. The van der Waals surface area contributed by atoms with Gasteiger partial charge in [0.05, 0.1) is 13.2 Å². The van der Waals surface area contributed by atoms with Gasteiger partial charge in [0.2, 0.25) is 0 Å². The van der Waals surface area contributed by atoms with E-state index in [4.69, 9.17) is 37.9 Å². The molecular weight excluding hydrogens is 1020 g/mol. The van der Waals surface area contributed by atoms with Crippen molar-refractivity contribution in [3.8, 4) is 23.0 Å². The third-order valence-electron chi connectivity index (χ3n) is 18.1. The van der Waals surface area contributed by atoms with Crippen LogP contribution >= 0.6 is 21.6 Å². The minimum absolute atomic E-state index is 0.139. The van der Waals surface area contributed by atoms with E-state index in [0.717, 1.165) is 49.9 Å². The summed E-state index contributed by atoms with van der Waals surface area (Å²) in [5.74, 6) is 2.48. The summed E-state index contributed by atoms with van der Waals surface area (Å²) in [6.45, 7) is 6.82. The highest BCUT2D eigenvalue weighted by molar-refractivity contribution is 8.76. The number of aliphatic hydroxyl groups excluding tert-OH is 6. The number of likely N-dealkylation sites (N-methyl/N-ethyl adjacent to an activating group) is 2. The number of nitrogens with one attached hydrogen (secondary N) is 2. The van der Waals surface area contributed by atoms with Gasteiger partial charge in [-0.1, -0.05) is 58.0 Å². The number of hydrogen-bond donors (Lipinski definition) is 8. The van der Waals surface area contributed by atoms with Crippen molar-refractivity contribution < 1.29 is 78.1 Å². The van der Waals surface area contributed by atoms with Gasteiger partial charge in [-0.25, -0.2) is 0 Å². The van der Waals surface area contributed by atoms with Crippen molar-refractivity contribution in [2.45, 2.75) is 148 Å². The first-order valence-corrected chi connectivity index (χ1v) is 29.4. The number of rotatable bonds is 17. The molecule has 6 aliphatic heterocycles. The second kappa shape index (κ2) is 20.7. The van der Waals surface area contributed by atoms with Crippen LogP contribution in [0.2, 0.25) is 0 Å². The highest BCUT2D eigenvalue weighted by Crippen LogP contribution is 2.64. The van der Waals surface area contributed by atoms with Gasteiger partial charge in [0, 0.05) is 70.5 Å². The number of likely N-dealkylation sites (tertiary alicyclic amines) is 2. The first kappa shape index (κ1) is 53.0. The molecule has 20 atom stereocenters. The number of nitrogens with zero attached hydrogens (tertiary/aromatic N) is 2. The van der Waals surface area contributed by atoms with E-state index in [1.54, 1.807) is 0 Å². The van der Waals surface area contributed by atoms with Crippen molar-refractivity contribution >= 4 is 33.4 Å². The molecule has 2 amide bonds. The zero-order valence-corrected chi connectivity index (χ0v) is 44.6. The molecule has 414 valence electrons. The molecule has 4 bridgehead atoms. The highest BCUT2D eigenvalue weighted by Gasteiger charge is 2.67. The monoisotopic (exact) mass is 1090 g/mol. The SMILES string of the molecule is CCOc1ccc2c3c1O[C@H]1[C@@H](O[C@@H]4O[C@H](C(=O)NCCSSCCNC(=O)[C@H]5O[C@@H](O[C@H]6C=CC7[C@H]8Cc9ccc(OCC)c%10c9C7(CCN8C)[C@H]6O%10)[C@H](O)[C@@H](O)[C@@H]5O)[C@@H](O)[C@H](O)[C@H]4O)C=CC4[C@@H](C2)N(C)CCC341. The van der Waals surface area contributed by atoms with E-state index in [9.17, 15) is 40.2 Å². The lowest BCUT2D eigenvalue weighted by atomic mass is 9.53. The number of aliphatic hydroxyl groups is 6. The molecular formula is C54H70N4O16S2. The summed E-state index contributed by atoms with van der Waals surface area (Å²) in [7, 11) is 7.12. The van der Waals surface area contributed by atoms with Crippen LogP contribution in [0.4, 0.5) is 0 Å². The smallest absolute Gasteiger partial charge is 0.252 e. The van der Waals surface area contributed by atoms with Crippen molar-refractivity contribution in [3.63, 3.8) is 0 Å². The molecule has 76 heavy (non-hydrogen) atoms. The maximum atomic E-state index is 13.5. The maximum absolute atomic E-state index is 13.5. The summed E-state index contributed by atoms with van der Waals surface area (Å²) in [5, 5.41) is 71.7. The van der Waals surface area contributed by atoms with Crippen molar-refractivity contribution in [2.75, 3.05) is 65.0 Å². The molecule has 4 unspecified atom stereocenters. The van der Waals surface area contributed by atoms with Gasteiger partial charge in [-0.2, -0.15) is 0 Å². The Labute approximate surface area is 449 Å². The number of piperidine rings is 2. The molecule has 4 saturated heterocycles. The molecule has 22 heteroatoms. The zero-order chi connectivity index (χ0) is 52.9. The molecule has 20 nitrogen and oxygen atoms in total. The molecule has 12 rings (SSSR count). The van der Waals surface area contributed by atoms with Crippen LogP contribution in [-0.2, 0) is 52.2 Å². The molecule has 0 aromatic heterocycles. The van der Waals surface area contributed by atoms with Gasteiger partial charge in [0.15, 0.2) is 47.8 Å². The van der Waals surface area contributed by atoms with E-state index in [-0.39, 0.29) is 37.0 Å². The average Bonchev–Trinajstić information content (AvgIpc) is 4.10. The van der Waals surface area contributed by atoms with Crippen LogP contribution in [-0.4, -0.2) is 215 Å². The predicted molar refractivity (Wildman–Crippen MR) is 276 cm³/mol. The molecule has 4 fully saturated rings. The van der Waals surface area contributed by atoms with E-state index < -0.39 is 108 Å². The van der Waals surface area contributed by atoms with Crippen LogP contribution in [0.15, 0.2) is 48.6 Å². The first-order chi connectivity index (χ1) is 36.7. The molecule has 2 aromatic carbocycles. The van der Waals surface area contributed by atoms with Crippen LogP contribution in [0.5, 0.6) is 23.0 Å². The Bertz CT molecular complexity index is 2440. The van der Waals surface area contributed by atoms with Crippen molar-refractivity contribution in [1.29, 1.82) is 0 Å². The van der Waals surface area contributed by atoms with E-state index in [2.05, 4.69) is 58.8 Å². The summed E-state index contributed by atoms with van der Waals surface area (Å²) >= 11 is 0. The fraction of sp³-hybridized carbons (Fsp3) is 0.667. The summed E-state index contributed by atoms with van der Waals surface area (Å²) in [5.41, 5.74) is 3.85. The lowest BCUT2D eigenvalue weighted by Crippen LogP contribution is -2.66. The van der Waals surface area contributed by atoms with Gasteiger partial charge in [-0.3, -0.25) is 9.59 Å². The third-order valence-corrected chi connectivity index (χ3v) is 20.5. The molecule has 2 aromatic rings. The molecule has 4 aliphatic carbocycles. The van der Waals surface area contributed by atoms with Crippen LogP contribution in [0.3, 0.4) is 0 Å². The Hall–Kier alpha value is -3.72. The highest BCUT2D eigenvalue weighted by atomic mass is 33.1. The first-order valence-electron chi connectivity index (χ1n) is 26.9. The van der Waals surface area contributed by atoms with E-state index >= 15 is 0 Å². The fourth-order valence-corrected chi connectivity index (χ4v) is 16.4. The number of ether oxygens (including phenoxy) is 8. The molecule has 2 spiro atoms. The van der Waals surface area contributed by atoms with Crippen molar-refractivity contribution in [2.24, 2.45) is 11.8 Å². The summed E-state index contributed by atoms with van der Waals surface area (Å²) in [6.07, 6.45) is -7.25. The Morgan fingerprint density at radius 3 is 1.45 bits per heavy atom. The van der Waals surface area contributed by atoms with Gasteiger partial charge < -0.3 is 89.0 Å². The van der Waals surface area contributed by atoms with Crippen LogP contribution in [0.25, 0.3) is 0 Å². The topological polar surface area (TPSA) is 260 Å². The zero-order valence-electron chi connectivity index (χ0n) is 43.0. The normalized spacial score (nSPS) is 41.1. The minimum atomic E-state index is -1.74. The number of amides is 2. The Morgan fingerprint density at radius 1 is 0.618 bits per heavy atom. The predicted octanol–water partition coefficient (Wildman–Crippen LogP) is 0.0736. The van der Waals surface area contributed by atoms with Crippen LogP contribution in [0, 0.1) is 11.8 Å². The Kier molecular flexibility index (Phi) is 14.5. The second-order valence-corrected chi connectivity index (χ2v) is 24.6.